The molecule has 0 spiro atoms. The van der Waals surface area contributed by atoms with Crippen molar-refractivity contribution in [1.29, 1.82) is 0 Å². The van der Waals surface area contributed by atoms with E-state index in [1.807, 2.05) is 37.3 Å². The number of esters is 1. The number of hydrogen-bond acceptors (Lipinski definition) is 7. The predicted octanol–water partition coefficient (Wildman–Crippen LogP) is 3.92. The van der Waals surface area contributed by atoms with Crippen LogP contribution in [0.25, 0.3) is 0 Å². The number of methoxy groups -OCH3 is 3. The summed E-state index contributed by atoms with van der Waals surface area (Å²) in [5, 5.41) is 10.6. The van der Waals surface area contributed by atoms with Crippen LogP contribution in [0, 0.1) is 6.92 Å². The minimum Gasteiger partial charge on any atom is -0.493 e. The third-order valence-electron chi connectivity index (χ3n) is 5.79. The third-order valence-corrected chi connectivity index (χ3v) is 5.79. The first kappa shape index (κ1) is 22.9. The molecule has 1 aliphatic heterocycles. The van der Waals surface area contributed by atoms with Gasteiger partial charge in [-0.3, -0.25) is 4.79 Å². The molecule has 2 N–H and O–H groups in total. The molecular weight excluding hydrogens is 436 g/mol. The van der Waals surface area contributed by atoms with Crippen molar-refractivity contribution in [3.05, 3.63) is 76.6 Å². The summed E-state index contributed by atoms with van der Waals surface area (Å²) in [7, 11) is 4.41. The molecule has 0 fully saturated rings. The van der Waals surface area contributed by atoms with Gasteiger partial charge in [-0.25, -0.2) is 9.48 Å². The van der Waals surface area contributed by atoms with Crippen molar-refractivity contribution in [3.63, 3.8) is 0 Å². The molecule has 0 saturated carbocycles. The Bertz CT molecular complexity index is 1290. The van der Waals surface area contributed by atoms with Crippen LogP contribution in [0.3, 0.4) is 0 Å². The summed E-state index contributed by atoms with van der Waals surface area (Å²) in [6, 6.07) is 12.3. The Labute approximate surface area is 197 Å². The molecule has 2 aromatic carbocycles. The number of nitrogens with one attached hydrogen (secondary N) is 2. The molecule has 1 aromatic heterocycles. The summed E-state index contributed by atoms with van der Waals surface area (Å²) in [6.45, 7) is 3.72. The lowest BCUT2D eigenvalue weighted by Gasteiger charge is -2.30. The van der Waals surface area contributed by atoms with Crippen molar-refractivity contribution in [2.75, 3.05) is 32.0 Å². The van der Waals surface area contributed by atoms with Crippen molar-refractivity contribution in [3.8, 4) is 11.5 Å². The minimum atomic E-state index is -0.640. The first-order valence-corrected chi connectivity index (χ1v) is 10.6. The number of ether oxygens (including phenoxy) is 3. The number of para-hydroxylation sites is 1. The highest BCUT2D eigenvalue weighted by Gasteiger charge is 2.36. The fourth-order valence-electron chi connectivity index (χ4n) is 4.04. The van der Waals surface area contributed by atoms with E-state index < -0.39 is 12.0 Å². The fourth-order valence-corrected chi connectivity index (χ4v) is 4.04. The molecule has 34 heavy (non-hydrogen) atoms. The SMILES string of the molecule is COC(=O)c1cnn2c1NC(C)=C(C(=O)Nc1ccccc1C)C2c1ccc(OC)c(OC)c1. The van der Waals surface area contributed by atoms with Crippen LogP contribution in [0.15, 0.2) is 59.9 Å². The number of amides is 1. The molecule has 9 heteroatoms. The number of rotatable bonds is 6. The summed E-state index contributed by atoms with van der Waals surface area (Å²) >= 11 is 0. The van der Waals surface area contributed by atoms with Crippen LogP contribution in [0.1, 0.15) is 34.5 Å². The first-order valence-electron chi connectivity index (χ1n) is 10.6. The molecule has 1 unspecified atom stereocenters. The van der Waals surface area contributed by atoms with Crippen LogP contribution in [0.2, 0.25) is 0 Å². The van der Waals surface area contributed by atoms with Crippen LogP contribution in [0.4, 0.5) is 11.5 Å². The van der Waals surface area contributed by atoms with Crippen molar-refractivity contribution in [1.82, 2.24) is 9.78 Å². The zero-order valence-corrected chi connectivity index (χ0v) is 19.6. The van der Waals surface area contributed by atoms with Crippen LogP contribution in [-0.2, 0) is 9.53 Å². The summed E-state index contributed by atoms with van der Waals surface area (Å²) in [6.07, 6.45) is 1.43. The quantitative estimate of drug-likeness (QED) is 0.535. The van der Waals surface area contributed by atoms with Gasteiger partial charge in [-0.05, 0) is 43.2 Å². The first-order chi connectivity index (χ1) is 16.4. The second-order valence-corrected chi connectivity index (χ2v) is 7.79. The van der Waals surface area contributed by atoms with Crippen LogP contribution < -0.4 is 20.1 Å². The van der Waals surface area contributed by atoms with E-state index >= 15 is 0 Å². The molecule has 0 aliphatic carbocycles. The molecule has 0 bridgehead atoms. The van der Waals surface area contributed by atoms with E-state index in [9.17, 15) is 9.59 Å². The largest absolute Gasteiger partial charge is 0.493 e. The average molecular weight is 463 g/mol. The van der Waals surface area contributed by atoms with Gasteiger partial charge in [0.2, 0.25) is 0 Å². The second kappa shape index (κ2) is 9.30. The van der Waals surface area contributed by atoms with Gasteiger partial charge in [-0.2, -0.15) is 5.10 Å². The molecule has 0 saturated heterocycles. The lowest BCUT2D eigenvalue weighted by atomic mass is 9.94. The van der Waals surface area contributed by atoms with Gasteiger partial charge in [-0.1, -0.05) is 24.3 Å². The molecule has 9 nitrogen and oxygen atoms in total. The van der Waals surface area contributed by atoms with Gasteiger partial charge in [0.25, 0.3) is 5.91 Å². The lowest BCUT2D eigenvalue weighted by molar-refractivity contribution is -0.113. The second-order valence-electron chi connectivity index (χ2n) is 7.79. The van der Waals surface area contributed by atoms with E-state index in [4.69, 9.17) is 14.2 Å². The molecular formula is C25H26N4O5. The fraction of sp³-hybridized carbons (Fsp3) is 0.240. The monoisotopic (exact) mass is 462 g/mol. The smallest absolute Gasteiger partial charge is 0.343 e. The number of carbonyl (C=O) groups is 2. The molecule has 1 amide bonds. The number of anilines is 2. The van der Waals surface area contributed by atoms with E-state index in [-0.39, 0.29) is 11.5 Å². The van der Waals surface area contributed by atoms with Crippen molar-refractivity contribution < 1.29 is 23.8 Å². The third kappa shape index (κ3) is 3.96. The summed E-state index contributed by atoms with van der Waals surface area (Å²) in [4.78, 5) is 25.9. The highest BCUT2D eigenvalue weighted by molar-refractivity contribution is 6.07. The molecule has 1 aliphatic rings. The number of nitrogens with zero attached hydrogens (tertiary/aromatic N) is 2. The Morgan fingerprint density at radius 2 is 1.76 bits per heavy atom. The Kier molecular flexibility index (Phi) is 6.27. The summed E-state index contributed by atoms with van der Waals surface area (Å²) in [5.41, 5.74) is 3.68. The predicted molar refractivity (Wildman–Crippen MR) is 127 cm³/mol. The van der Waals surface area contributed by atoms with E-state index in [1.165, 1.54) is 13.3 Å². The number of aryl methyl sites for hydroxylation is 1. The maximum Gasteiger partial charge on any atom is 0.343 e. The van der Waals surface area contributed by atoms with Gasteiger partial charge < -0.3 is 24.8 Å². The van der Waals surface area contributed by atoms with Crippen molar-refractivity contribution in [2.24, 2.45) is 0 Å². The number of fused-ring (bicyclic) bond motifs is 1. The van der Waals surface area contributed by atoms with Gasteiger partial charge >= 0.3 is 5.97 Å². The lowest BCUT2D eigenvalue weighted by Crippen LogP contribution is -2.32. The van der Waals surface area contributed by atoms with Crippen molar-refractivity contribution >= 4 is 23.4 Å². The number of benzene rings is 2. The average Bonchev–Trinajstić information content (AvgIpc) is 3.26. The van der Waals surface area contributed by atoms with Crippen LogP contribution in [-0.4, -0.2) is 43.0 Å². The van der Waals surface area contributed by atoms with E-state index in [2.05, 4.69) is 15.7 Å². The Morgan fingerprint density at radius 1 is 1.03 bits per heavy atom. The Hall–Kier alpha value is -4.27. The van der Waals surface area contributed by atoms with Gasteiger partial charge in [0.05, 0.1) is 33.1 Å². The van der Waals surface area contributed by atoms with Gasteiger partial charge in [-0.15, -0.1) is 0 Å². The topological polar surface area (TPSA) is 104 Å². The standard InChI is InChI=1S/C25H26N4O5/c1-14-8-6-7-9-18(14)28-24(30)21-15(2)27-23-17(25(31)34-5)13-26-29(23)22(21)16-10-11-19(32-3)20(12-16)33-4/h6-13,22,27H,1-5H3,(H,28,30). The van der Waals surface area contributed by atoms with Crippen molar-refractivity contribution in [2.45, 2.75) is 19.9 Å². The van der Waals surface area contributed by atoms with Gasteiger partial charge in [0.15, 0.2) is 11.5 Å². The maximum atomic E-state index is 13.6. The molecule has 3 aromatic rings. The number of allylic oxidation sites excluding steroid dienone is 1. The number of hydrogen-bond donors (Lipinski definition) is 2. The molecule has 176 valence electrons. The summed E-state index contributed by atoms with van der Waals surface area (Å²) < 4.78 is 17.4. The minimum absolute atomic E-state index is 0.269. The Morgan fingerprint density at radius 3 is 2.44 bits per heavy atom. The van der Waals surface area contributed by atoms with E-state index in [1.54, 1.807) is 38.0 Å². The van der Waals surface area contributed by atoms with Gasteiger partial charge in [0, 0.05) is 11.4 Å². The zero-order valence-electron chi connectivity index (χ0n) is 19.6. The normalized spacial score (nSPS) is 14.7. The van der Waals surface area contributed by atoms with Gasteiger partial charge in [0.1, 0.15) is 17.4 Å². The maximum absolute atomic E-state index is 13.6. The van der Waals surface area contributed by atoms with Crippen LogP contribution in [0.5, 0.6) is 11.5 Å². The molecule has 2 heterocycles. The summed E-state index contributed by atoms with van der Waals surface area (Å²) in [5.74, 6) is 0.691. The van der Waals surface area contributed by atoms with Crippen LogP contribution >= 0.6 is 0 Å². The number of aromatic nitrogens is 2. The molecule has 1 atom stereocenters. The zero-order chi connectivity index (χ0) is 24.4. The Balaban J connectivity index is 1.86. The highest BCUT2D eigenvalue weighted by atomic mass is 16.5. The van der Waals surface area contributed by atoms with E-state index in [0.717, 1.165) is 11.1 Å². The van der Waals surface area contributed by atoms with E-state index in [0.29, 0.717) is 34.3 Å². The molecule has 4 rings (SSSR count). The number of carbonyl (C=O) groups excluding carboxylic acids is 2. The molecule has 0 radical (unpaired) electrons. The highest BCUT2D eigenvalue weighted by Crippen LogP contribution is 2.40.